The molecule has 1 aliphatic heterocycles. The van der Waals surface area contributed by atoms with Gasteiger partial charge in [0.25, 0.3) is 11.8 Å². The van der Waals surface area contributed by atoms with Crippen LogP contribution in [0.4, 0.5) is 0 Å². The lowest BCUT2D eigenvalue weighted by Crippen LogP contribution is -2.23. The van der Waals surface area contributed by atoms with Gasteiger partial charge >= 0.3 is 0 Å². The summed E-state index contributed by atoms with van der Waals surface area (Å²) in [6, 6.07) is 15.2. The molecule has 4 rings (SSSR count). The Hall–Kier alpha value is -3.03. The molecule has 0 atom stereocenters. The molecular weight excluding hydrogens is 400 g/mol. The Morgan fingerprint density at radius 3 is 2.53 bits per heavy atom. The van der Waals surface area contributed by atoms with Crippen molar-refractivity contribution >= 4 is 40.2 Å². The number of nitrogens with one attached hydrogen (secondary N) is 1. The van der Waals surface area contributed by atoms with Crippen LogP contribution < -0.4 is 10.1 Å². The van der Waals surface area contributed by atoms with Crippen LogP contribution in [0.5, 0.6) is 5.75 Å². The summed E-state index contributed by atoms with van der Waals surface area (Å²) in [5, 5.41) is 12.6. The second kappa shape index (κ2) is 8.77. The number of nitrogens with zero attached hydrogens (tertiary/aromatic N) is 1. The van der Waals surface area contributed by atoms with Crippen molar-refractivity contribution < 1.29 is 19.4 Å². The lowest BCUT2D eigenvalue weighted by Gasteiger charge is -2.07. The number of benzene rings is 2. The summed E-state index contributed by atoms with van der Waals surface area (Å²) in [6.07, 6.45) is 4.30. The number of hydrogen-bond acceptors (Lipinski definition) is 5. The van der Waals surface area contributed by atoms with Crippen molar-refractivity contribution in [2.75, 3.05) is 13.7 Å². The molecule has 2 heterocycles. The van der Waals surface area contributed by atoms with Crippen LogP contribution in [0, 0.1) is 0 Å². The van der Waals surface area contributed by atoms with E-state index in [4.69, 9.17) is 9.84 Å². The van der Waals surface area contributed by atoms with Crippen LogP contribution in [0.2, 0.25) is 0 Å². The number of thioether (sulfide) groups is 1. The summed E-state index contributed by atoms with van der Waals surface area (Å²) in [6.45, 7) is 0.156. The predicted octanol–water partition coefficient (Wildman–Crippen LogP) is 3.58. The molecule has 2 amide bonds. The summed E-state index contributed by atoms with van der Waals surface area (Å²) in [4.78, 5) is 26.5. The number of amides is 2. The maximum Gasteiger partial charge on any atom is 0.276 e. The number of aliphatic hydroxyl groups excluding tert-OH is 1. The molecule has 0 aliphatic carbocycles. The third-order valence-corrected chi connectivity index (χ3v) is 6.12. The molecule has 0 bridgehead atoms. The molecule has 0 spiro atoms. The predicted molar refractivity (Wildman–Crippen MR) is 117 cm³/mol. The minimum atomic E-state index is -0.404. The summed E-state index contributed by atoms with van der Waals surface area (Å²) in [5.74, 6) is -0.0708. The fourth-order valence-corrected chi connectivity index (χ4v) is 4.51. The van der Waals surface area contributed by atoms with Crippen LogP contribution in [0.25, 0.3) is 16.6 Å². The molecule has 3 aromatic rings. The summed E-state index contributed by atoms with van der Waals surface area (Å²) < 4.78 is 7.00. The number of ether oxygens (including phenoxy) is 1. The van der Waals surface area contributed by atoms with Crippen molar-refractivity contribution in [1.29, 1.82) is 0 Å². The first-order valence-electron chi connectivity index (χ1n) is 9.74. The minimum absolute atomic E-state index is 0.156. The van der Waals surface area contributed by atoms with E-state index < -0.39 is 11.8 Å². The summed E-state index contributed by atoms with van der Waals surface area (Å²) >= 11 is 1.26. The second-order valence-electron chi connectivity index (χ2n) is 6.96. The van der Waals surface area contributed by atoms with Crippen LogP contribution in [0.15, 0.2) is 64.5 Å². The van der Waals surface area contributed by atoms with Crippen molar-refractivity contribution in [1.82, 2.24) is 9.88 Å². The Balaban J connectivity index is 1.78. The maximum absolute atomic E-state index is 12.7. The molecule has 154 valence electrons. The zero-order valence-electron chi connectivity index (χ0n) is 16.6. The van der Waals surface area contributed by atoms with Gasteiger partial charge in [0.05, 0.1) is 12.6 Å². The fraction of sp³-hybridized carbons (Fsp3) is 0.217. The molecule has 0 unspecified atom stereocenters. The maximum atomic E-state index is 12.7. The number of hydrogen-bond donors (Lipinski definition) is 2. The first-order chi connectivity index (χ1) is 14.6. The Morgan fingerprint density at radius 2 is 1.80 bits per heavy atom. The molecule has 0 radical (unpaired) electrons. The monoisotopic (exact) mass is 422 g/mol. The van der Waals surface area contributed by atoms with Gasteiger partial charge in [-0.05, 0) is 55.2 Å². The Bertz CT molecular complexity index is 1130. The van der Waals surface area contributed by atoms with Gasteiger partial charge in [-0.2, -0.15) is 0 Å². The molecule has 6 nitrogen and oxygen atoms in total. The number of carbonyl (C=O) groups is 2. The first kappa shape index (κ1) is 20.3. The number of fused-ring (bicyclic) bond motifs is 1. The number of para-hydroxylation sites is 1. The van der Waals surface area contributed by atoms with E-state index in [0.717, 1.165) is 46.4 Å². The molecule has 2 aromatic carbocycles. The van der Waals surface area contributed by atoms with Crippen molar-refractivity contribution in [3.63, 3.8) is 0 Å². The third kappa shape index (κ3) is 3.86. The molecular formula is C23H22N2O4S. The first-order valence-corrected chi connectivity index (χ1v) is 10.6. The normalized spacial score (nSPS) is 13.9. The van der Waals surface area contributed by atoms with E-state index in [2.05, 4.69) is 5.32 Å². The zero-order valence-corrected chi connectivity index (χ0v) is 17.4. The Labute approximate surface area is 178 Å². The molecule has 7 heteroatoms. The second-order valence-corrected chi connectivity index (χ2v) is 8.04. The zero-order chi connectivity index (χ0) is 21.1. The molecule has 0 fully saturated rings. The molecule has 1 aliphatic rings. The van der Waals surface area contributed by atoms with E-state index in [1.54, 1.807) is 7.11 Å². The SMILES string of the molecule is COc1ccc(SC2=C(n3cc(CCCCO)c4ccccc43)C(=O)NC2=O)cc1. The van der Waals surface area contributed by atoms with Gasteiger partial charge in [-0.15, -0.1) is 0 Å². The van der Waals surface area contributed by atoms with Crippen LogP contribution in [-0.2, 0) is 16.0 Å². The van der Waals surface area contributed by atoms with Crippen molar-refractivity contribution in [2.45, 2.75) is 24.2 Å². The van der Waals surface area contributed by atoms with Gasteiger partial charge in [-0.25, -0.2) is 0 Å². The van der Waals surface area contributed by atoms with Gasteiger partial charge in [0.15, 0.2) is 0 Å². The summed E-state index contributed by atoms with van der Waals surface area (Å²) in [7, 11) is 1.60. The van der Waals surface area contributed by atoms with Crippen LogP contribution >= 0.6 is 11.8 Å². The highest BCUT2D eigenvalue weighted by Crippen LogP contribution is 2.37. The molecule has 30 heavy (non-hydrogen) atoms. The van der Waals surface area contributed by atoms with Gasteiger partial charge in [-0.3, -0.25) is 14.9 Å². The average Bonchev–Trinajstić information content (AvgIpc) is 3.25. The number of rotatable bonds is 8. The number of imide groups is 1. The molecule has 0 saturated carbocycles. The molecule has 1 aromatic heterocycles. The van der Waals surface area contributed by atoms with E-state index in [9.17, 15) is 9.59 Å². The number of aromatic nitrogens is 1. The van der Waals surface area contributed by atoms with Crippen molar-refractivity contribution in [3.8, 4) is 5.75 Å². The summed E-state index contributed by atoms with van der Waals surface area (Å²) in [5.41, 5.74) is 2.31. The van der Waals surface area contributed by atoms with Crippen molar-refractivity contribution in [2.24, 2.45) is 0 Å². The highest BCUT2D eigenvalue weighted by atomic mass is 32.2. The third-order valence-electron chi connectivity index (χ3n) is 5.03. The topological polar surface area (TPSA) is 80.6 Å². The van der Waals surface area contributed by atoms with Gasteiger partial charge in [0.2, 0.25) is 0 Å². The average molecular weight is 423 g/mol. The number of unbranched alkanes of at least 4 members (excludes halogenated alkanes) is 1. The van der Waals surface area contributed by atoms with E-state index in [0.29, 0.717) is 10.6 Å². The van der Waals surface area contributed by atoms with Gasteiger partial charge in [0, 0.05) is 23.1 Å². The van der Waals surface area contributed by atoms with E-state index in [1.165, 1.54) is 11.8 Å². The standard InChI is InChI=1S/C23H22N2O4S/c1-29-16-9-11-17(12-10-16)30-21-20(22(27)24-23(21)28)25-14-15(6-4-5-13-26)18-7-2-3-8-19(18)25/h2-3,7-12,14,26H,4-6,13H2,1H3,(H,24,27,28). The quantitative estimate of drug-likeness (QED) is 0.428. The van der Waals surface area contributed by atoms with Gasteiger partial charge < -0.3 is 14.4 Å². The van der Waals surface area contributed by atoms with Crippen LogP contribution in [-0.4, -0.2) is 35.2 Å². The highest BCUT2D eigenvalue weighted by Gasteiger charge is 2.33. The number of carbonyl (C=O) groups excluding carboxylic acids is 2. The molecule has 0 saturated heterocycles. The number of aryl methyl sites for hydroxylation is 1. The largest absolute Gasteiger partial charge is 0.497 e. The lowest BCUT2D eigenvalue weighted by molar-refractivity contribution is -0.123. The number of aliphatic hydroxyl groups is 1. The van der Waals surface area contributed by atoms with Crippen molar-refractivity contribution in [3.05, 3.63) is 65.2 Å². The fourth-order valence-electron chi connectivity index (χ4n) is 3.57. The van der Waals surface area contributed by atoms with E-state index in [-0.39, 0.29) is 6.61 Å². The smallest absolute Gasteiger partial charge is 0.276 e. The van der Waals surface area contributed by atoms with E-state index in [1.807, 2.05) is 59.3 Å². The van der Waals surface area contributed by atoms with Crippen LogP contribution in [0.3, 0.4) is 0 Å². The van der Waals surface area contributed by atoms with Gasteiger partial charge in [0.1, 0.15) is 16.4 Å². The number of methoxy groups -OCH3 is 1. The molecule has 2 N–H and O–H groups in total. The highest BCUT2D eigenvalue weighted by molar-refractivity contribution is 8.04. The van der Waals surface area contributed by atoms with Gasteiger partial charge in [-0.1, -0.05) is 30.0 Å². The minimum Gasteiger partial charge on any atom is -0.497 e. The Kier molecular flexibility index (Phi) is 5.92. The van der Waals surface area contributed by atoms with E-state index >= 15 is 0 Å². The van der Waals surface area contributed by atoms with Crippen LogP contribution in [0.1, 0.15) is 18.4 Å². The lowest BCUT2D eigenvalue weighted by atomic mass is 10.1. The Morgan fingerprint density at radius 1 is 1.03 bits per heavy atom.